The SMILES string of the molecule is CCCC1(C(=O)O)CCN(C(=O)[C@@H](N)[C@@H](C)CC)C1. The number of aliphatic carboxylic acids is 1. The summed E-state index contributed by atoms with van der Waals surface area (Å²) in [4.78, 5) is 25.4. The average Bonchev–Trinajstić information content (AvgIpc) is 2.82. The second-order valence-corrected chi connectivity index (χ2v) is 5.76. The van der Waals surface area contributed by atoms with E-state index in [9.17, 15) is 14.7 Å². The highest BCUT2D eigenvalue weighted by Crippen LogP contribution is 2.36. The number of carboxylic acid groups (broad SMARTS) is 1. The predicted molar refractivity (Wildman–Crippen MR) is 73.6 cm³/mol. The van der Waals surface area contributed by atoms with Crippen molar-refractivity contribution in [3.8, 4) is 0 Å². The monoisotopic (exact) mass is 270 g/mol. The van der Waals surface area contributed by atoms with E-state index in [1.165, 1.54) is 0 Å². The molecule has 5 nitrogen and oxygen atoms in total. The Balaban J connectivity index is 2.74. The summed E-state index contributed by atoms with van der Waals surface area (Å²) in [5.41, 5.74) is 5.19. The molecule has 3 N–H and O–H groups in total. The van der Waals surface area contributed by atoms with E-state index >= 15 is 0 Å². The van der Waals surface area contributed by atoms with Crippen molar-refractivity contribution >= 4 is 11.9 Å². The summed E-state index contributed by atoms with van der Waals surface area (Å²) >= 11 is 0. The Bertz CT molecular complexity index is 346. The lowest BCUT2D eigenvalue weighted by Crippen LogP contribution is -2.47. The van der Waals surface area contributed by atoms with Crippen molar-refractivity contribution in [1.29, 1.82) is 0 Å². The summed E-state index contributed by atoms with van der Waals surface area (Å²) in [6, 6.07) is -0.517. The van der Waals surface area contributed by atoms with Crippen LogP contribution in [0.1, 0.15) is 46.5 Å². The van der Waals surface area contributed by atoms with Crippen molar-refractivity contribution in [1.82, 2.24) is 4.90 Å². The number of likely N-dealkylation sites (tertiary alicyclic amines) is 1. The van der Waals surface area contributed by atoms with Gasteiger partial charge in [0.2, 0.25) is 5.91 Å². The standard InChI is InChI=1S/C14H26N2O3/c1-4-6-14(13(18)19)7-8-16(9-14)12(17)11(15)10(3)5-2/h10-11H,4-9,15H2,1-3H3,(H,18,19)/t10-,11-,14?/m0/s1. The van der Waals surface area contributed by atoms with Crippen LogP contribution < -0.4 is 5.73 Å². The van der Waals surface area contributed by atoms with Crippen LogP contribution in [0, 0.1) is 11.3 Å². The van der Waals surface area contributed by atoms with Crippen LogP contribution in [0.15, 0.2) is 0 Å². The van der Waals surface area contributed by atoms with Gasteiger partial charge in [-0.3, -0.25) is 9.59 Å². The maximum absolute atomic E-state index is 12.3. The summed E-state index contributed by atoms with van der Waals surface area (Å²) < 4.78 is 0. The Hall–Kier alpha value is -1.10. The summed E-state index contributed by atoms with van der Waals surface area (Å²) in [7, 11) is 0. The Morgan fingerprint density at radius 1 is 1.42 bits per heavy atom. The van der Waals surface area contributed by atoms with Gasteiger partial charge in [-0.2, -0.15) is 0 Å². The lowest BCUT2D eigenvalue weighted by molar-refractivity contribution is -0.149. The van der Waals surface area contributed by atoms with Crippen LogP contribution in [0.4, 0.5) is 0 Å². The lowest BCUT2D eigenvalue weighted by atomic mass is 9.83. The number of hydrogen-bond donors (Lipinski definition) is 2. The smallest absolute Gasteiger partial charge is 0.311 e. The number of amides is 1. The van der Waals surface area contributed by atoms with Gasteiger partial charge in [0.15, 0.2) is 0 Å². The molecular weight excluding hydrogens is 244 g/mol. The number of rotatable bonds is 6. The van der Waals surface area contributed by atoms with E-state index < -0.39 is 17.4 Å². The zero-order chi connectivity index (χ0) is 14.6. The van der Waals surface area contributed by atoms with E-state index in [0.29, 0.717) is 25.9 Å². The van der Waals surface area contributed by atoms with E-state index in [1.54, 1.807) is 4.90 Å². The molecule has 1 aliphatic rings. The van der Waals surface area contributed by atoms with E-state index in [1.807, 2.05) is 20.8 Å². The number of carbonyl (C=O) groups is 2. The molecule has 0 bridgehead atoms. The van der Waals surface area contributed by atoms with Gasteiger partial charge in [-0.05, 0) is 18.8 Å². The molecule has 1 amide bonds. The van der Waals surface area contributed by atoms with Crippen LogP contribution in [0.2, 0.25) is 0 Å². The molecule has 1 rings (SSSR count). The fraction of sp³-hybridized carbons (Fsp3) is 0.857. The van der Waals surface area contributed by atoms with Gasteiger partial charge in [0.1, 0.15) is 0 Å². The van der Waals surface area contributed by atoms with Crippen molar-refractivity contribution in [2.45, 2.75) is 52.5 Å². The molecule has 3 atom stereocenters. The minimum Gasteiger partial charge on any atom is -0.481 e. The quantitative estimate of drug-likeness (QED) is 0.765. The molecular formula is C14H26N2O3. The Kier molecular flexibility index (Phi) is 5.35. The molecule has 5 heteroatoms. The number of nitrogens with two attached hydrogens (primary N) is 1. The van der Waals surface area contributed by atoms with Crippen LogP contribution in [0.25, 0.3) is 0 Å². The summed E-state index contributed by atoms with van der Waals surface area (Å²) in [5, 5.41) is 9.42. The molecule has 0 aliphatic carbocycles. The summed E-state index contributed by atoms with van der Waals surface area (Å²) in [6.07, 6.45) is 2.81. The Morgan fingerprint density at radius 3 is 2.53 bits per heavy atom. The van der Waals surface area contributed by atoms with E-state index in [0.717, 1.165) is 12.8 Å². The fourth-order valence-corrected chi connectivity index (χ4v) is 2.73. The first-order valence-corrected chi connectivity index (χ1v) is 7.15. The minimum absolute atomic E-state index is 0.103. The van der Waals surface area contributed by atoms with Gasteiger partial charge in [0, 0.05) is 13.1 Å². The summed E-state index contributed by atoms with van der Waals surface area (Å²) in [6.45, 7) is 6.74. The van der Waals surface area contributed by atoms with Crippen molar-refractivity contribution in [3.63, 3.8) is 0 Å². The highest BCUT2D eigenvalue weighted by atomic mass is 16.4. The average molecular weight is 270 g/mol. The highest BCUT2D eigenvalue weighted by molar-refractivity contribution is 5.84. The van der Waals surface area contributed by atoms with Gasteiger partial charge >= 0.3 is 5.97 Å². The predicted octanol–water partition coefficient (Wildman–Crippen LogP) is 1.46. The molecule has 0 aromatic rings. The van der Waals surface area contributed by atoms with Gasteiger partial charge in [0.05, 0.1) is 11.5 Å². The van der Waals surface area contributed by atoms with Gasteiger partial charge in [-0.25, -0.2) is 0 Å². The molecule has 0 aromatic heterocycles. The first-order chi connectivity index (χ1) is 8.88. The maximum atomic E-state index is 12.3. The van der Waals surface area contributed by atoms with Gasteiger partial charge in [-0.15, -0.1) is 0 Å². The van der Waals surface area contributed by atoms with Crippen molar-refractivity contribution in [2.24, 2.45) is 17.1 Å². The minimum atomic E-state index is -0.790. The van der Waals surface area contributed by atoms with Crippen LogP contribution in [0.3, 0.4) is 0 Å². The number of carbonyl (C=O) groups excluding carboxylic acids is 1. The first-order valence-electron chi connectivity index (χ1n) is 7.15. The molecule has 110 valence electrons. The van der Waals surface area contributed by atoms with Crippen molar-refractivity contribution < 1.29 is 14.7 Å². The van der Waals surface area contributed by atoms with Crippen LogP contribution >= 0.6 is 0 Å². The molecule has 1 unspecified atom stereocenters. The van der Waals surface area contributed by atoms with Crippen molar-refractivity contribution in [2.75, 3.05) is 13.1 Å². The zero-order valence-electron chi connectivity index (χ0n) is 12.2. The van der Waals surface area contributed by atoms with E-state index in [4.69, 9.17) is 5.73 Å². The summed E-state index contributed by atoms with van der Waals surface area (Å²) in [5.74, 6) is -0.770. The number of carboxylic acids is 1. The number of hydrogen-bond acceptors (Lipinski definition) is 3. The molecule has 1 heterocycles. The molecule has 1 fully saturated rings. The van der Waals surface area contributed by atoms with E-state index in [-0.39, 0.29) is 11.8 Å². The third-order valence-electron chi connectivity index (χ3n) is 4.39. The van der Waals surface area contributed by atoms with Crippen molar-refractivity contribution in [3.05, 3.63) is 0 Å². The van der Waals surface area contributed by atoms with Crippen LogP contribution in [-0.4, -0.2) is 41.0 Å². The van der Waals surface area contributed by atoms with E-state index in [2.05, 4.69) is 0 Å². The second kappa shape index (κ2) is 6.37. The first kappa shape index (κ1) is 16.0. The second-order valence-electron chi connectivity index (χ2n) is 5.76. The third kappa shape index (κ3) is 3.26. The van der Waals surface area contributed by atoms with Gasteiger partial charge in [-0.1, -0.05) is 33.6 Å². The van der Waals surface area contributed by atoms with Gasteiger partial charge < -0.3 is 15.7 Å². The normalized spacial score (nSPS) is 26.2. The molecule has 1 aliphatic heterocycles. The van der Waals surface area contributed by atoms with Crippen LogP contribution in [0.5, 0.6) is 0 Å². The number of nitrogens with zero attached hydrogens (tertiary/aromatic N) is 1. The Labute approximate surface area is 115 Å². The molecule has 0 spiro atoms. The Morgan fingerprint density at radius 2 is 2.05 bits per heavy atom. The molecule has 0 saturated carbocycles. The van der Waals surface area contributed by atoms with Gasteiger partial charge in [0.25, 0.3) is 0 Å². The molecule has 19 heavy (non-hydrogen) atoms. The molecule has 0 radical (unpaired) electrons. The van der Waals surface area contributed by atoms with Crippen LogP contribution in [-0.2, 0) is 9.59 Å². The lowest BCUT2D eigenvalue weighted by Gasteiger charge is -2.27. The molecule has 1 saturated heterocycles. The topological polar surface area (TPSA) is 83.6 Å². The zero-order valence-corrected chi connectivity index (χ0v) is 12.2. The maximum Gasteiger partial charge on any atom is 0.311 e. The molecule has 0 aromatic carbocycles. The highest BCUT2D eigenvalue weighted by Gasteiger charge is 2.46. The largest absolute Gasteiger partial charge is 0.481 e. The fourth-order valence-electron chi connectivity index (χ4n) is 2.73. The third-order valence-corrected chi connectivity index (χ3v) is 4.39.